The minimum atomic E-state index is 0.696. The Labute approximate surface area is 311 Å². The van der Waals surface area contributed by atoms with E-state index in [0.717, 1.165) is 66.8 Å². The van der Waals surface area contributed by atoms with Crippen molar-refractivity contribution in [1.82, 2.24) is 14.5 Å². The third kappa shape index (κ3) is 4.85. The molecule has 0 bridgehead atoms. The monoisotopic (exact) mass is 689 g/mol. The zero-order chi connectivity index (χ0) is 35.6. The summed E-state index contributed by atoms with van der Waals surface area (Å²) in [4.78, 5) is 10.1. The molecule has 11 aromatic rings. The van der Waals surface area contributed by atoms with Gasteiger partial charge in [-0.1, -0.05) is 146 Å². The Kier molecular flexibility index (Phi) is 6.82. The van der Waals surface area contributed by atoms with Crippen molar-refractivity contribution in [2.45, 2.75) is 0 Å². The molecule has 3 aromatic heterocycles. The van der Waals surface area contributed by atoms with Crippen LogP contribution in [0.15, 0.2) is 192 Å². The van der Waals surface area contributed by atoms with Crippen LogP contribution in [0.2, 0.25) is 0 Å². The highest BCUT2D eigenvalue weighted by atomic mass is 16.3. The zero-order valence-corrected chi connectivity index (χ0v) is 29.1. The fraction of sp³-hybridized carbons (Fsp3) is 0. The molecule has 0 aliphatic carbocycles. The summed E-state index contributed by atoms with van der Waals surface area (Å²) in [6.45, 7) is 0. The number of hydrogen-bond acceptors (Lipinski definition) is 3. The van der Waals surface area contributed by atoms with Gasteiger partial charge in [0.25, 0.3) is 0 Å². The molecular weight excluding hydrogens is 659 g/mol. The van der Waals surface area contributed by atoms with Gasteiger partial charge in [0.2, 0.25) is 0 Å². The first-order valence-electron chi connectivity index (χ1n) is 18.2. The first-order chi connectivity index (χ1) is 26.8. The van der Waals surface area contributed by atoms with E-state index in [4.69, 9.17) is 14.4 Å². The summed E-state index contributed by atoms with van der Waals surface area (Å²) in [6, 6.07) is 66.0. The Morgan fingerprint density at radius 1 is 0.370 bits per heavy atom. The smallest absolute Gasteiger partial charge is 0.160 e. The van der Waals surface area contributed by atoms with Gasteiger partial charge in [-0.25, -0.2) is 9.97 Å². The van der Waals surface area contributed by atoms with E-state index in [1.807, 2.05) is 36.4 Å². The van der Waals surface area contributed by atoms with E-state index in [0.29, 0.717) is 5.82 Å². The SMILES string of the molecule is c1ccc(-c2cc(-c3ccccc3)nc(-c3ccc(-c4ccc5oc6cccc(-n7c8ccccc8c8c9ccccc9ccc87)c6c5c4)cc3)n2)cc1. The van der Waals surface area contributed by atoms with E-state index < -0.39 is 0 Å². The van der Waals surface area contributed by atoms with Crippen LogP contribution in [0.25, 0.3) is 105 Å². The van der Waals surface area contributed by atoms with Crippen molar-refractivity contribution in [3.8, 4) is 50.7 Å². The normalized spacial score (nSPS) is 11.7. The molecule has 0 spiro atoms. The van der Waals surface area contributed by atoms with Gasteiger partial charge in [0.15, 0.2) is 5.82 Å². The second-order valence-electron chi connectivity index (χ2n) is 13.8. The highest BCUT2D eigenvalue weighted by Gasteiger charge is 2.19. The average Bonchev–Trinajstić information content (AvgIpc) is 3.80. The van der Waals surface area contributed by atoms with Gasteiger partial charge >= 0.3 is 0 Å². The fourth-order valence-electron chi connectivity index (χ4n) is 8.07. The van der Waals surface area contributed by atoms with Crippen molar-refractivity contribution in [1.29, 1.82) is 0 Å². The predicted molar refractivity (Wildman–Crippen MR) is 223 cm³/mol. The van der Waals surface area contributed by atoms with E-state index in [9.17, 15) is 0 Å². The van der Waals surface area contributed by atoms with Gasteiger partial charge in [0.1, 0.15) is 11.2 Å². The number of rotatable bonds is 5. The number of furan rings is 1. The van der Waals surface area contributed by atoms with Crippen LogP contribution >= 0.6 is 0 Å². The molecule has 0 aliphatic heterocycles. The standard InChI is InChI=1S/C50H31N3O/c1-3-13-34(14-4-1)41-31-42(35-15-5-2-6-16-35)52-50(51-41)36-24-22-32(23-25-36)37-27-29-46-40(30-37)49-44(20-11-21-47(49)54-46)53-43-19-10-9-18-39(43)48-38-17-8-7-12-33(38)26-28-45(48)53/h1-31H. The molecule has 0 N–H and O–H groups in total. The van der Waals surface area contributed by atoms with Crippen LogP contribution < -0.4 is 0 Å². The van der Waals surface area contributed by atoms with Crippen molar-refractivity contribution in [2.24, 2.45) is 0 Å². The summed E-state index contributed by atoms with van der Waals surface area (Å²) in [5.41, 5.74) is 12.3. The number of benzene rings is 8. The van der Waals surface area contributed by atoms with Crippen LogP contribution in [0.5, 0.6) is 0 Å². The Hall–Kier alpha value is -7.30. The lowest BCUT2D eigenvalue weighted by molar-refractivity contribution is 0.669. The zero-order valence-electron chi connectivity index (χ0n) is 29.1. The Morgan fingerprint density at radius 2 is 1.02 bits per heavy atom. The Bertz CT molecular complexity index is 3140. The number of hydrogen-bond donors (Lipinski definition) is 0. The molecule has 0 atom stereocenters. The average molecular weight is 690 g/mol. The molecule has 54 heavy (non-hydrogen) atoms. The molecule has 252 valence electrons. The van der Waals surface area contributed by atoms with Crippen LogP contribution in [-0.2, 0) is 0 Å². The molecule has 3 heterocycles. The number of fused-ring (bicyclic) bond motifs is 8. The van der Waals surface area contributed by atoms with Crippen molar-refractivity contribution < 1.29 is 4.42 Å². The van der Waals surface area contributed by atoms with Gasteiger partial charge < -0.3 is 8.98 Å². The number of aromatic nitrogens is 3. The number of nitrogens with zero attached hydrogens (tertiary/aromatic N) is 3. The van der Waals surface area contributed by atoms with Crippen molar-refractivity contribution >= 4 is 54.5 Å². The molecule has 0 aliphatic rings. The summed E-state index contributed by atoms with van der Waals surface area (Å²) in [7, 11) is 0. The molecule has 4 nitrogen and oxygen atoms in total. The van der Waals surface area contributed by atoms with Gasteiger partial charge in [0.05, 0.1) is 33.5 Å². The summed E-state index contributed by atoms with van der Waals surface area (Å²) in [5.74, 6) is 0.696. The third-order valence-corrected chi connectivity index (χ3v) is 10.6. The maximum atomic E-state index is 6.52. The van der Waals surface area contributed by atoms with Crippen LogP contribution in [0.3, 0.4) is 0 Å². The Morgan fingerprint density at radius 3 is 1.78 bits per heavy atom. The molecule has 11 rings (SSSR count). The van der Waals surface area contributed by atoms with E-state index in [1.165, 1.54) is 32.6 Å². The lowest BCUT2D eigenvalue weighted by atomic mass is 10.0. The van der Waals surface area contributed by atoms with Gasteiger partial charge in [-0.05, 0) is 64.4 Å². The van der Waals surface area contributed by atoms with Crippen molar-refractivity contribution in [3.05, 3.63) is 188 Å². The van der Waals surface area contributed by atoms with E-state index in [2.05, 4.69) is 156 Å². The molecule has 0 unspecified atom stereocenters. The van der Waals surface area contributed by atoms with Crippen molar-refractivity contribution in [3.63, 3.8) is 0 Å². The fourth-order valence-corrected chi connectivity index (χ4v) is 8.07. The first kappa shape index (κ1) is 30.3. The summed E-state index contributed by atoms with van der Waals surface area (Å²) in [6.07, 6.45) is 0. The predicted octanol–water partition coefficient (Wildman–Crippen LogP) is 13.3. The highest BCUT2D eigenvalue weighted by Crippen LogP contribution is 2.41. The van der Waals surface area contributed by atoms with E-state index in [-0.39, 0.29) is 0 Å². The lowest BCUT2D eigenvalue weighted by Gasteiger charge is -2.11. The molecule has 0 saturated carbocycles. The second-order valence-corrected chi connectivity index (χ2v) is 13.8. The van der Waals surface area contributed by atoms with Gasteiger partial charge in [-0.2, -0.15) is 0 Å². The molecule has 0 fully saturated rings. The highest BCUT2D eigenvalue weighted by molar-refractivity contribution is 6.22. The minimum absolute atomic E-state index is 0.696. The first-order valence-corrected chi connectivity index (χ1v) is 18.2. The van der Waals surface area contributed by atoms with Gasteiger partial charge in [-0.15, -0.1) is 0 Å². The second kappa shape index (κ2) is 12.1. The lowest BCUT2D eigenvalue weighted by Crippen LogP contribution is -1.96. The van der Waals surface area contributed by atoms with Gasteiger partial charge in [0, 0.05) is 32.8 Å². The maximum Gasteiger partial charge on any atom is 0.160 e. The van der Waals surface area contributed by atoms with Crippen molar-refractivity contribution in [2.75, 3.05) is 0 Å². The molecule has 0 radical (unpaired) electrons. The van der Waals surface area contributed by atoms with Gasteiger partial charge in [-0.3, -0.25) is 0 Å². The van der Waals surface area contributed by atoms with Crippen LogP contribution in [-0.4, -0.2) is 14.5 Å². The Balaban J connectivity index is 1.04. The molecule has 4 heteroatoms. The molecule has 8 aromatic carbocycles. The maximum absolute atomic E-state index is 6.52. The number of para-hydroxylation sites is 1. The van der Waals surface area contributed by atoms with Crippen LogP contribution in [0.4, 0.5) is 0 Å². The quantitative estimate of drug-likeness (QED) is 0.181. The van der Waals surface area contributed by atoms with E-state index in [1.54, 1.807) is 0 Å². The summed E-state index contributed by atoms with van der Waals surface area (Å²) >= 11 is 0. The molecule has 0 saturated heterocycles. The van der Waals surface area contributed by atoms with Crippen LogP contribution in [0, 0.1) is 0 Å². The largest absolute Gasteiger partial charge is 0.456 e. The van der Waals surface area contributed by atoms with Crippen LogP contribution in [0.1, 0.15) is 0 Å². The third-order valence-electron chi connectivity index (χ3n) is 10.6. The summed E-state index contributed by atoms with van der Waals surface area (Å²) < 4.78 is 8.92. The summed E-state index contributed by atoms with van der Waals surface area (Å²) in [5, 5.41) is 7.19. The molecule has 0 amide bonds. The molecular formula is C50H31N3O. The van der Waals surface area contributed by atoms with E-state index >= 15 is 0 Å². The topological polar surface area (TPSA) is 43.9 Å². The minimum Gasteiger partial charge on any atom is -0.456 e.